The summed E-state index contributed by atoms with van der Waals surface area (Å²) in [5.74, 6) is 1.34. The van der Waals surface area contributed by atoms with Gasteiger partial charge in [0, 0.05) is 0 Å². The molecular formula is C16H18O. The summed E-state index contributed by atoms with van der Waals surface area (Å²) in [7, 11) is 0. The first-order valence-corrected chi connectivity index (χ1v) is 5.20. The smallest absolute Gasteiger partial charge is 0.127 e. The third-order valence-corrected chi connectivity index (χ3v) is 1.59. The molecule has 0 spiro atoms. The van der Waals surface area contributed by atoms with Crippen LogP contribution in [0.3, 0.4) is 0 Å². The number of hydrogen-bond donors (Lipinski definition) is 0. The van der Waals surface area contributed by atoms with E-state index in [1.165, 1.54) is 0 Å². The van der Waals surface area contributed by atoms with Crippen LogP contribution in [0.2, 0.25) is 0 Å². The van der Waals surface area contributed by atoms with Crippen molar-refractivity contribution in [2.75, 3.05) is 0 Å². The molecule has 1 heteroatoms. The summed E-state index contributed by atoms with van der Waals surface area (Å²) >= 11 is 0. The molecule has 0 radical (unpaired) electrons. The molecule has 0 unspecified atom stereocenters. The number of allylic oxidation sites excluding steroid dienone is 10. The van der Waals surface area contributed by atoms with Crippen molar-refractivity contribution in [3.05, 3.63) is 98.6 Å². The van der Waals surface area contributed by atoms with Gasteiger partial charge in [-0.2, -0.15) is 0 Å². The Bertz CT molecular complexity index is 352. The van der Waals surface area contributed by atoms with E-state index < -0.39 is 0 Å². The summed E-state index contributed by atoms with van der Waals surface area (Å²) in [5.41, 5.74) is 0. The summed E-state index contributed by atoms with van der Waals surface area (Å²) in [6, 6.07) is 0. The molecule has 88 valence electrons. The van der Waals surface area contributed by atoms with Gasteiger partial charge in [-0.05, 0) is 24.3 Å². The molecule has 0 saturated carbocycles. The fraction of sp³-hybridized carbons (Fsp3) is 0. The van der Waals surface area contributed by atoms with Crippen molar-refractivity contribution >= 4 is 0 Å². The van der Waals surface area contributed by atoms with Crippen molar-refractivity contribution in [3.8, 4) is 0 Å². The van der Waals surface area contributed by atoms with Gasteiger partial charge >= 0.3 is 0 Å². The predicted molar refractivity (Wildman–Crippen MR) is 76.3 cm³/mol. The van der Waals surface area contributed by atoms with E-state index in [4.69, 9.17) is 4.74 Å². The van der Waals surface area contributed by atoms with Gasteiger partial charge in [-0.25, -0.2) is 0 Å². The fourth-order valence-corrected chi connectivity index (χ4v) is 0.941. The Balaban J connectivity index is 4.91. The third-order valence-electron chi connectivity index (χ3n) is 1.59. The summed E-state index contributed by atoms with van der Waals surface area (Å²) in [4.78, 5) is 0. The summed E-state index contributed by atoms with van der Waals surface area (Å²) in [6.45, 7) is 14.5. The van der Waals surface area contributed by atoms with Crippen molar-refractivity contribution in [2.45, 2.75) is 0 Å². The van der Waals surface area contributed by atoms with Crippen molar-refractivity contribution in [2.24, 2.45) is 0 Å². The molecule has 0 aliphatic heterocycles. The molecular weight excluding hydrogens is 208 g/mol. The average molecular weight is 226 g/mol. The van der Waals surface area contributed by atoms with Crippen molar-refractivity contribution in [1.82, 2.24) is 0 Å². The molecule has 1 nitrogen and oxygen atoms in total. The van der Waals surface area contributed by atoms with Gasteiger partial charge in [-0.3, -0.25) is 0 Å². The molecule has 0 saturated heterocycles. The predicted octanol–water partition coefficient (Wildman–Crippen LogP) is 4.63. The van der Waals surface area contributed by atoms with Crippen LogP contribution >= 0.6 is 0 Å². The van der Waals surface area contributed by atoms with Crippen LogP contribution in [0.5, 0.6) is 0 Å². The topological polar surface area (TPSA) is 9.23 Å². The molecule has 0 rings (SSSR count). The molecule has 0 aromatic heterocycles. The second-order valence-electron chi connectivity index (χ2n) is 2.90. The SMILES string of the molecule is C=C/C=C\C(=C/C=C)OC(/C=C\C=C)=C/C=C. The zero-order valence-electron chi connectivity index (χ0n) is 10.0. The lowest BCUT2D eigenvalue weighted by atomic mass is 10.3. The van der Waals surface area contributed by atoms with Gasteiger partial charge in [-0.1, -0.05) is 62.8 Å². The molecule has 17 heavy (non-hydrogen) atoms. The highest BCUT2D eigenvalue weighted by atomic mass is 16.5. The quantitative estimate of drug-likeness (QED) is 0.433. The van der Waals surface area contributed by atoms with E-state index in [9.17, 15) is 0 Å². The Hall–Kier alpha value is -2.28. The van der Waals surface area contributed by atoms with Crippen LogP contribution in [0.4, 0.5) is 0 Å². The number of ether oxygens (including phenoxy) is 1. The maximum absolute atomic E-state index is 5.65. The van der Waals surface area contributed by atoms with Crippen LogP contribution in [0.1, 0.15) is 0 Å². The Morgan fingerprint density at radius 1 is 0.647 bits per heavy atom. The maximum atomic E-state index is 5.65. The molecule has 0 bridgehead atoms. The minimum Gasteiger partial charge on any atom is -0.457 e. The van der Waals surface area contributed by atoms with Gasteiger partial charge in [0.2, 0.25) is 0 Å². The lowest BCUT2D eigenvalue weighted by molar-refractivity contribution is 0.336. The second kappa shape index (κ2) is 10.2. The van der Waals surface area contributed by atoms with Gasteiger partial charge in [0.05, 0.1) is 0 Å². The Morgan fingerprint density at radius 3 is 1.35 bits per heavy atom. The highest BCUT2D eigenvalue weighted by molar-refractivity contribution is 5.27. The van der Waals surface area contributed by atoms with Crippen LogP contribution in [0.25, 0.3) is 0 Å². The molecule has 0 aromatic carbocycles. The Kier molecular flexibility index (Phi) is 8.87. The van der Waals surface area contributed by atoms with Crippen LogP contribution < -0.4 is 0 Å². The zero-order chi connectivity index (χ0) is 12.9. The molecule has 0 aliphatic carbocycles. The van der Waals surface area contributed by atoms with E-state index in [-0.39, 0.29) is 0 Å². The minimum atomic E-state index is 0.668. The molecule has 0 atom stereocenters. The largest absolute Gasteiger partial charge is 0.457 e. The monoisotopic (exact) mass is 226 g/mol. The maximum Gasteiger partial charge on any atom is 0.127 e. The molecule has 0 aromatic rings. The first kappa shape index (κ1) is 14.7. The van der Waals surface area contributed by atoms with Gasteiger partial charge in [0.25, 0.3) is 0 Å². The van der Waals surface area contributed by atoms with E-state index in [2.05, 4.69) is 26.3 Å². The molecule has 0 fully saturated rings. The normalized spacial score (nSPS) is 12.7. The van der Waals surface area contributed by atoms with Crippen LogP contribution in [0, 0.1) is 0 Å². The second-order valence-corrected chi connectivity index (χ2v) is 2.90. The first-order valence-electron chi connectivity index (χ1n) is 5.20. The lowest BCUT2D eigenvalue weighted by Crippen LogP contribution is -1.88. The minimum absolute atomic E-state index is 0.668. The van der Waals surface area contributed by atoms with E-state index >= 15 is 0 Å². The number of hydrogen-bond acceptors (Lipinski definition) is 1. The summed E-state index contributed by atoms with van der Waals surface area (Å²) in [6.07, 6.45) is 17.4. The van der Waals surface area contributed by atoms with E-state index in [0.717, 1.165) is 0 Å². The first-order chi connectivity index (χ1) is 8.28. The van der Waals surface area contributed by atoms with Crippen molar-refractivity contribution in [1.29, 1.82) is 0 Å². The third kappa shape index (κ3) is 7.63. The highest BCUT2D eigenvalue weighted by Crippen LogP contribution is 2.10. The van der Waals surface area contributed by atoms with Crippen LogP contribution in [-0.4, -0.2) is 0 Å². The van der Waals surface area contributed by atoms with Gasteiger partial charge in [-0.15, -0.1) is 0 Å². The van der Waals surface area contributed by atoms with E-state index in [1.807, 2.05) is 0 Å². The van der Waals surface area contributed by atoms with Gasteiger partial charge in [0.1, 0.15) is 11.5 Å². The zero-order valence-corrected chi connectivity index (χ0v) is 10.0. The standard InChI is InChI=1S/C16H18O/c1-5-9-13-15(11-7-3)17-16(12-8-4)14-10-6-2/h5-14H,1-4H2/b13-9-,14-10-,15-11+,16-12+. The summed E-state index contributed by atoms with van der Waals surface area (Å²) < 4.78 is 5.65. The van der Waals surface area contributed by atoms with Gasteiger partial charge < -0.3 is 4.74 Å². The highest BCUT2D eigenvalue weighted by Gasteiger charge is 1.95. The van der Waals surface area contributed by atoms with Crippen molar-refractivity contribution < 1.29 is 4.74 Å². The van der Waals surface area contributed by atoms with Crippen molar-refractivity contribution in [3.63, 3.8) is 0 Å². The Labute approximate surface area is 104 Å². The average Bonchev–Trinajstić information content (AvgIpc) is 2.33. The summed E-state index contributed by atoms with van der Waals surface area (Å²) in [5, 5.41) is 0. The van der Waals surface area contributed by atoms with Crippen LogP contribution in [-0.2, 0) is 4.74 Å². The van der Waals surface area contributed by atoms with Gasteiger partial charge in [0.15, 0.2) is 0 Å². The molecule has 0 heterocycles. The molecule has 0 aliphatic rings. The number of rotatable bonds is 8. The molecule has 0 N–H and O–H groups in total. The van der Waals surface area contributed by atoms with Crippen LogP contribution in [0.15, 0.2) is 98.6 Å². The van der Waals surface area contributed by atoms with E-state index in [0.29, 0.717) is 11.5 Å². The van der Waals surface area contributed by atoms with E-state index in [1.54, 1.807) is 60.8 Å². The molecule has 0 amide bonds. The fourth-order valence-electron chi connectivity index (χ4n) is 0.941. The Morgan fingerprint density at radius 2 is 1.06 bits per heavy atom. The lowest BCUT2D eigenvalue weighted by Gasteiger charge is -2.06.